The van der Waals surface area contributed by atoms with E-state index in [1.54, 1.807) is 7.11 Å². The van der Waals surface area contributed by atoms with Crippen molar-refractivity contribution >= 4 is 10.2 Å². The number of morpholine rings is 1. The molecule has 0 aromatic heterocycles. The van der Waals surface area contributed by atoms with Crippen LogP contribution in [-0.4, -0.2) is 71.7 Å². The van der Waals surface area contributed by atoms with E-state index >= 15 is 0 Å². The SMILES string of the molecule is COc1ccc(C(CNS(=O)(=O)N2CCOCC2)N(C)C)cc1. The molecule has 130 valence electrons. The van der Waals surface area contributed by atoms with Gasteiger partial charge in [-0.1, -0.05) is 12.1 Å². The molecule has 7 nitrogen and oxygen atoms in total. The van der Waals surface area contributed by atoms with E-state index in [2.05, 4.69) is 4.72 Å². The Morgan fingerprint density at radius 1 is 1.26 bits per heavy atom. The number of rotatable bonds is 7. The van der Waals surface area contributed by atoms with Crippen molar-refractivity contribution < 1.29 is 17.9 Å². The van der Waals surface area contributed by atoms with Gasteiger partial charge in [-0.3, -0.25) is 0 Å². The molecule has 1 aliphatic rings. The van der Waals surface area contributed by atoms with Crippen LogP contribution >= 0.6 is 0 Å². The molecule has 1 aromatic rings. The number of methoxy groups -OCH3 is 1. The van der Waals surface area contributed by atoms with Gasteiger partial charge < -0.3 is 14.4 Å². The molecule has 1 saturated heterocycles. The normalized spacial score (nSPS) is 18.1. The molecule has 0 amide bonds. The van der Waals surface area contributed by atoms with E-state index in [1.165, 1.54) is 4.31 Å². The van der Waals surface area contributed by atoms with E-state index in [-0.39, 0.29) is 6.04 Å². The number of hydrogen-bond acceptors (Lipinski definition) is 5. The first-order chi connectivity index (χ1) is 10.9. The fourth-order valence-corrected chi connectivity index (χ4v) is 3.67. The fourth-order valence-electron chi connectivity index (χ4n) is 2.49. The highest BCUT2D eigenvalue weighted by Crippen LogP contribution is 2.21. The van der Waals surface area contributed by atoms with Crippen LogP contribution in [0.3, 0.4) is 0 Å². The van der Waals surface area contributed by atoms with Gasteiger partial charge >= 0.3 is 0 Å². The number of ether oxygens (including phenoxy) is 2. The standard InChI is InChI=1S/C15H25N3O4S/c1-17(2)15(13-4-6-14(21-3)7-5-13)12-16-23(19,20)18-8-10-22-11-9-18/h4-7,15-16H,8-12H2,1-3H3. The Balaban J connectivity index is 2.04. The molecule has 1 aliphatic heterocycles. The van der Waals surface area contributed by atoms with Crippen LogP contribution in [0.5, 0.6) is 5.75 Å². The van der Waals surface area contributed by atoms with Crippen LogP contribution in [0.2, 0.25) is 0 Å². The molecule has 1 heterocycles. The van der Waals surface area contributed by atoms with Crippen LogP contribution in [0, 0.1) is 0 Å². The second kappa shape index (κ2) is 8.07. The Hall–Kier alpha value is -1.19. The minimum Gasteiger partial charge on any atom is -0.497 e. The number of nitrogens with zero attached hydrogens (tertiary/aromatic N) is 2. The van der Waals surface area contributed by atoms with E-state index in [0.29, 0.717) is 32.8 Å². The first kappa shape index (κ1) is 18.2. The van der Waals surface area contributed by atoms with Gasteiger partial charge in [-0.2, -0.15) is 12.7 Å². The predicted octanol–water partition coefficient (Wildman–Crippen LogP) is 0.465. The molecule has 0 bridgehead atoms. The summed E-state index contributed by atoms with van der Waals surface area (Å²) in [4.78, 5) is 1.99. The molecule has 1 unspecified atom stereocenters. The van der Waals surface area contributed by atoms with Crippen molar-refractivity contribution in [1.82, 2.24) is 13.9 Å². The first-order valence-electron chi connectivity index (χ1n) is 7.57. The molecule has 0 radical (unpaired) electrons. The largest absolute Gasteiger partial charge is 0.497 e. The minimum absolute atomic E-state index is 0.0586. The molecule has 1 atom stereocenters. The maximum atomic E-state index is 12.4. The lowest BCUT2D eigenvalue weighted by molar-refractivity contribution is 0.0724. The summed E-state index contributed by atoms with van der Waals surface area (Å²) in [7, 11) is 2.00. The van der Waals surface area contributed by atoms with Crippen molar-refractivity contribution in [1.29, 1.82) is 0 Å². The molecule has 1 fully saturated rings. The molecule has 1 aromatic carbocycles. The van der Waals surface area contributed by atoms with Crippen LogP contribution < -0.4 is 9.46 Å². The Morgan fingerprint density at radius 3 is 2.39 bits per heavy atom. The summed E-state index contributed by atoms with van der Waals surface area (Å²) in [6.45, 7) is 1.97. The van der Waals surface area contributed by atoms with E-state index in [0.717, 1.165) is 11.3 Å². The average Bonchev–Trinajstić information content (AvgIpc) is 2.56. The van der Waals surface area contributed by atoms with Gasteiger partial charge in [0.25, 0.3) is 10.2 Å². The topological polar surface area (TPSA) is 71.1 Å². The quantitative estimate of drug-likeness (QED) is 0.779. The summed E-state index contributed by atoms with van der Waals surface area (Å²) in [6.07, 6.45) is 0. The molecule has 0 saturated carbocycles. The van der Waals surface area contributed by atoms with E-state index < -0.39 is 10.2 Å². The van der Waals surface area contributed by atoms with Gasteiger partial charge in [0, 0.05) is 25.7 Å². The van der Waals surface area contributed by atoms with Crippen LogP contribution in [0.25, 0.3) is 0 Å². The Bertz CT molecular complexity index is 583. The first-order valence-corrected chi connectivity index (χ1v) is 9.01. The second-order valence-corrected chi connectivity index (χ2v) is 7.37. The van der Waals surface area contributed by atoms with Crippen molar-refractivity contribution in [3.05, 3.63) is 29.8 Å². The lowest BCUT2D eigenvalue weighted by Crippen LogP contribution is -2.48. The molecular formula is C15H25N3O4S. The third kappa shape index (κ3) is 4.89. The number of likely N-dealkylation sites (N-methyl/N-ethyl adjacent to an activating group) is 1. The predicted molar refractivity (Wildman–Crippen MR) is 88.7 cm³/mol. The highest BCUT2D eigenvalue weighted by molar-refractivity contribution is 7.87. The van der Waals surface area contributed by atoms with E-state index in [1.807, 2.05) is 43.3 Å². The van der Waals surface area contributed by atoms with Gasteiger partial charge in [0.1, 0.15) is 5.75 Å². The molecule has 0 aliphatic carbocycles. The zero-order chi connectivity index (χ0) is 16.9. The molecule has 2 rings (SSSR count). The molecule has 1 N–H and O–H groups in total. The smallest absolute Gasteiger partial charge is 0.279 e. The van der Waals surface area contributed by atoms with Gasteiger partial charge in [0.2, 0.25) is 0 Å². The van der Waals surface area contributed by atoms with Crippen LogP contribution in [-0.2, 0) is 14.9 Å². The number of benzene rings is 1. The van der Waals surface area contributed by atoms with Crippen molar-refractivity contribution in [2.45, 2.75) is 6.04 Å². The van der Waals surface area contributed by atoms with Crippen molar-refractivity contribution in [3.8, 4) is 5.75 Å². The molecule has 23 heavy (non-hydrogen) atoms. The summed E-state index contributed by atoms with van der Waals surface area (Å²) in [5.74, 6) is 0.778. The monoisotopic (exact) mass is 343 g/mol. The van der Waals surface area contributed by atoms with Crippen molar-refractivity contribution in [2.75, 3.05) is 54.1 Å². The minimum atomic E-state index is -3.48. The van der Waals surface area contributed by atoms with Crippen molar-refractivity contribution in [2.24, 2.45) is 0 Å². The average molecular weight is 343 g/mol. The highest BCUT2D eigenvalue weighted by Gasteiger charge is 2.25. The Kier molecular flexibility index (Phi) is 6.37. The van der Waals surface area contributed by atoms with E-state index in [9.17, 15) is 8.42 Å². The summed E-state index contributed by atoms with van der Waals surface area (Å²) in [5, 5.41) is 0. The summed E-state index contributed by atoms with van der Waals surface area (Å²) in [6, 6.07) is 7.60. The van der Waals surface area contributed by atoms with Crippen molar-refractivity contribution in [3.63, 3.8) is 0 Å². The Morgan fingerprint density at radius 2 is 1.87 bits per heavy atom. The van der Waals surface area contributed by atoms with Gasteiger partial charge in [0.15, 0.2) is 0 Å². The maximum absolute atomic E-state index is 12.4. The number of hydrogen-bond donors (Lipinski definition) is 1. The highest BCUT2D eigenvalue weighted by atomic mass is 32.2. The van der Waals surface area contributed by atoms with Crippen LogP contribution in [0.4, 0.5) is 0 Å². The maximum Gasteiger partial charge on any atom is 0.279 e. The van der Waals surface area contributed by atoms with Gasteiger partial charge in [-0.15, -0.1) is 0 Å². The number of nitrogens with one attached hydrogen (secondary N) is 1. The molecular weight excluding hydrogens is 318 g/mol. The second-order valence-electron chi connectivity index (χ2n) is 5.62. The molecule has 8 heteroatoms. The lowest BCUT2D eigenvalue weighted by Gasteiger charge is -2.29. The Labute approximate surface area is 138 Å². The molecule has 0 spiro atoms. The fraction of sp³-hybridized carbons (Fsp3) is 0.600. The van der Waals surface area contributed by atoms with Crippen LogP contribution in [0.1, 0.15) is 11.6 Å². The van der Waals surface area contributed by atoms with Gasteiger partial charge in [-0.05, 0) is 31.8 Å². The third-order valence-electron chi connectivity index (χ3n) is 3.89. The summed E-state index contributed by atoms with van der Waals surface area (Å²) < 4.78 is 39.2. The van der Waals surface area contributed by atoms with Gasteiger partial charge in [-0.25, -0.2) is 4.72 Å². The van der Waals surface area contributed by atoms with Crippen LogP contribution in [0.15, 0.2) is 24.3 Å². The zero-order valence-electron chi connectivity index (χ0n) is 13.9. The third-order valence-corrected chi connectivity index (χ3v) is 5.47. The zero-order valence-corrected chi connectivity index (χ0v) is 14.7. The summed E-state index contributed by atoms with van der Waals surface area (Å²) in [5.41, 5.74) is 1.03. The summed E-state index contributed by atoms with van der Waals surface area (Å²) >= 11 is 0. The van der Waals surface area contributed by atoms with E-state index in [4.69, 9.17) is 9.47 Å². The van der Waals surface area contributed by atoms with Gasteiger partial charge in [0.05, 0.1) is 20.3 Å². The lowest BCUT2D eigenvalue weighted by atomic mass is 10.1.